The number of hydrogen-bond donors (Lipinski definition) is 3. The molecule has 1 unspecified atom stereocenters. The predicted octanol–water partition coefficient (Wildman–Crippen LogP) is 11.0. The summed E-state index contributed by atoms with van der Waals surface area (Å²) >= 11 is 0. The maximum atomic E-state index is 10.6. The summed E-state index contributed by atoms with van der Waals surface area (Å²) in [5.74, 6) is 13.5. The molecule has 0 spiro atoms. The van der Waals surface area contributed by atoms with E-state index < -0.39 is 5.60 Å². The number of fused-ring (bicyclic) bond motifs is 10. The molecule has 10 fully saturated rings. The fraction of sp³-hybridized carbons (Fsp3) is 0.958. The molecule has 51 heavy (non-hydrogen) atoms. The van der Waals surface area contributed by atoms with E-state index in [1.54, 1.807) is 0 Å². The highest BCUT2D eigenvalue weighted by molar-refractivity contribution is 5.26. The highest BCUT2D eigenvalue weighted by Gasteiger charge is 2.64. The van der Waals surface area contributed by atoms with Crippen molar-refractivity contribution in [1.29, 1.82) is 0 Å². The van der Waals surface area contributed by atoms with Crippen molar-refractivity contribution < 1.29 is 15.3 Å². The van der Waals surface area contributed by atoms with Crippen molar-refractivity contribution in [2.45, 2.75) is 187 Å². The maximum Gasteiger partial charge on any atom is 0.0622 e. The molecule has 0 radical (unpaired) electrons. The molecular weight excluding hydrogens is 625 g/mol. The van der Waals surface area contributed by atoms with E-state index in [2.05, 4.69) is 47.6 Å². The third kappa shape index (κ3) is 6.12. The van der Waals surface area contributed by atoms with Crippen LogP contribution in [0.5, 0.6) is 0 Å². The molecule has 3 N–H and O–H groups in total. The number of allylic oxidation sites excluding steroid dienone is 2. The third-order valence-corrected chi connectivity index (χ3v) is 19.9. The van der Waals surface area contributed by atoms with E-state index in [1.807, 2.05) is 5.57 Å². The summed E-state index contributed by atoms with van der Waals surface area (Å²) < 4.78 is 0. The minimum absolute atomic E-state index is 0.135. The van der Waals surface area contributed by atoms with E-state index >= 15 is 0 Å². The summed E-state index contributed by atoms with van der Waals surface area (Å²) in [7, 11) is 0. The molecule has 0 aromatic heterocycles. The number of rotatable bonds is 3. The standard InChI is InChI=1S/C24H40O2.C24H38O/c1-14(25)21-12-20(15-4-5-15)22-19-7-6-16-13-23(2,26)10-8-17(16)18(19)9-11-24(21,22)3;1-4-17-13-21(15-5-6-15)22-20-8-7-16-14-23(2,25)11-9-18(16)19(20)10-12-24(17,22)3/h14-22,25-26H,4-13H2,1-3H3;4,15-16,18-22,25H,5-14H2,1-3H3/b;17-4+/t14?,16-,17+,18-,19-,20+,21-,22-,23-,24-;16-,18+,19-,20-,21+,22-,23-,24-/m11/s1. The molecule has 10 aliphatic carbocycles. The lowest BCUT2D eigenvalue weighted by Crippen LogP contribution is -2.52. The number of aliphatic hydroxyl groups is 3. The summed E-state index contributed by atoms with van der Waals surface area (Å²) in [5, 5.41) is 31.8. The van der Waals surface area contributed by atoms with Crippen LogP contribution in [0.15, 0.2) is 11.6 Å². The second kappa shape index (κ2) is 12.8. The monoisotopic (exact) mass is 703 g/mol. The molecule has 0 amide bonds. The van der Waals surface area contributed by atoms with Crippen LogP contribution in [0.3, 0.4) is 0 Å². The lowest BCUT2D eigenvalue weighted by molar-refractivity contribution is -0.113. The van der Waals surface area contributed by atoms with Gasteiger partial charge in [0.1, 0.15) is 0 Å². The molecule has 10 saturated carbocycles. The van der Waals surface area contributed by atoms with Gasteiger partial charge in [-0.2, -0.15) is 0 Å². The highest BCUT2D eigenvalue weighted by atomic mass is 16.3. The molecule has 10 aliphatic rings. The first-order valence-corrected chi connectivity index (χ1v) is 23.0. The zero-order chi connectivity index (χ0) is 35.7. The first-order valence-electron chi connectivity index (χ1n) is 23.0. The van der Waals surface area contributed by atoms with Crippen LogP contribution in [-0.2, 0) is 0 Å². The van der Waals surface area contributed by atoms with Crippen molar-refractivity contribution >= 4 is 0 Å². The molecule has 10 rings (SSSR count). The van der Waals surface area contributed by atoms with Gasteiger partial charge in [0.05, 0.1) is 17.3 Å². The number of hydrogen-bond acceptors (Lipinski definition) is 3. The minimum atomic E-state index is -0.404. The van der Waals surface area contributed by atoms with Crippen LogP contribution in [0.25, 0.3) is 0 Å². The van der Waals surface area contributed by atoms with Gasteiger partial charge in [0.25, 0.3) is 0 Å². The summed E-state index contributed by atoms with van der Waals surface area (Å²) in [6, 6.07) is 0. The summed E-state index contributed by atoms with van der Waals surface area (Å²) in [4.78, 5) is 0. The van der Waals surface area contributed by atoms with Crippen molar-refractivity contribution in [2.24, 2.45) is 99.6 Å². The molecule has 3 nitrogen and oxygen atoms in total. The molecule has 0 aliphatic heterocycles. The van der Waals surface area contributed by atoms with E-state index in [1.165, 1.54) is 103 Å². The Hall–Kier alpha value is -0.380. The van der Waals surface area contributed by atoms with Crippen molar-refractivity contribution in [2.75, 3.05) is 0 Å². The predicted molar refractivity (Wildman–Crippen MR) is 208 cm³/mol. The molecular formula is C48H78O3. The molecule has 0 heterocycles. The van der Waals surface area contributed by atoms with Crippen LogP contribution in [0, 0.1) is 99.6 Å². The van der Waals surface area contributed by atoms with Crippen LogP contribution < -0.4 is 0 Å². The van der Waals surface area contributed by atoms with Crippen molar-refractivity contribution in [3.8, 4) is 0 Å². The van der Waals surface area contributed by atoms with Crippen LogP contribution in [0.4, 0.5) is 0 Å². The molecule has 0 saturated heterocycles. The second-order valence-electron chi connectivity index (χ2n) is 22.8. The average Bonchev–Trinajstić information content (AvgIpc) is 4.02. The van der Waals surface area contributed by atoms with Crippen LogP contribution >= 0.6 is 0 Å². The van der Waals surface area contributed by atoms with Gasteiger partial charge in [0.15, 0.2) is 0 Å². The maximum absolute atomic E-state index is 10.6. The van der Waals surface area contributed by atoms with Crippen molar-refractivity contribution in [3.05, 3.63) is 11.6 Å². The Bertz CT molecular complexity index is 1320. The topological polar surface area (TPSA) is 60.7 Å². The van der Waals surface area contributed by atoms with Crippen molar-refractivity contribution in [1.82, 2.24) is 0 Å². The summed E-state index contributed by atoms with van der Waals surface area (Å²) in [6.07, 6.45) is 29.0. The minimum Gasteiger partial charge on any atom is -0.393 e. The largest absolute Gasteiger partial charge is 0.393 e. The van der Waals surface area contributed by atoms with E-state index in [-0.39, 0.29) is 11.7 Å². The van der Waals surface area contributed by atoms with Gasteiger partial charge >= 0.3 is 0 Å². The lowest BCUT2D eigenvalue weighted by Gasteiger charge is -2.58. The van der Waals surface area contributed by atoms with Crippen LogP contribution in [0.2, 0.25) is 0 Å². The van der Waals surface area contributed by atoms with E-state index in [9.17, 15) is 15.3 Å². The Morgan fingerprint density at radius 2 is 1.04 bits per heavy atom. The van der Waals surface area contributed by atoms with E-state index in [0.29, 0.717) is 16.7 Å². The molecule has 0 bridgehead atoms. The molecule has 288 valence electrons. The van der Waals surface area contributed by atoms with Gasteiger partial charge in [-0.3, -0.25) is 0 Å². The van der Waals surface area contributed by atoms with Crippen molar-refractivity contribution in [3.63, 3.8) is 0 Å². The Kier molecular flexibility index (Phi) is 9.12. The smallest absolute Gasteiger partial charge is 0.0622 e. The fourth-order valence-electron chi connectivity index (χ4n) is 17.6. The summed E-state index contributed by atoms with van der Waals surface area (Å²) in [5.41, 5.74) is 1.95. The summed E-state index contributed by atoms with van der Waals surface area (Å²) in [6.45, 7) is 13.7. The molecule has 3 heteroatoms. The highest BCUT2D eigenvalue weighted by Crippen LogP contribution is 2.71. The zero-order valence-corrected chi connectivity index (χ0v) is 33.8. The SMILES string of the molecule is C/C=C1\C[C@@H](C2CC2)[C@H]2[C@@H]3CC[C@@H]4C[C@](C)(O)CC[C@@H]4[C@H]3CC[C@]12C.CC(O)[C@H]1C[C@@H](C2CC2)[C@H]2[C@@H]3CC[C@@H]4C[C@](C)(O)CC[C@@H]4[C@H]3CC[C@@]21C. The zero-order valence-electron chi connectivity index (χ0n) is 33.8. The fourth-order valence-corrected chi connectivity index (χ4v) is 17.6. The Morgan fingerprint density at radius 1 is 0.549 bits per heavy atom. The van der Waals surface area contributed by atoms with E-state index in [4.69, 9.17) is 0 Å². The van der Waals surface area contributed by atoms with Crippen LogP contribution in [-0.4, -0.2) is 32.6 Å². The molecule has 0 aromatic rings. The van der Waals surface area contributed by atoms with Crippen LogP contribution in [0.1, 0.15) is 170 Å². The number of aliphatic hydroxyl groups excluding tert-OH is 1. The van der Waals surface area contributed by atoms with Gasteiger partial charge in [0.2, 0.25) is 0 Å². The lowest BCUT2D eigenvalue weighted by atomic mass is 9.48. The van der Waals surface area contributed by atoms with Gasteiger partial charge in [-0.15, -0.1) is 0 Å². The van der Waals surface area contributed by atoms with Gasteiger partial charge in [0, 0.05) is 0 Å². The molecule has 18 atom stereocenters. The molecule has 0 aromatic carbocycles. The second-order valence-corrected chi connectivity index (χ2v) is 22.8. The third-order valence-electron chi connectivity index (χ3n) is 19.9. The first-order chi connectivity index (χ1) is 24.2. The van der Waals surface area contributed by atoms with Gasteiger partial charge in [-0.25, -0.2) is 0 Å². The van der Waals surface area contributed by atoms with Gasteiger partial charge in [-0.05, 0) is 256 Å². The Balaban J connectivity index is 0.000000137. The quantitative estimate of drug-likeness (QED) is 0.257. The average molecular weight is 703 g/mol. The normalized spacial score (nSPS) is 57.4. The Labute approximate surface area is 313 Å². The van der Waals surface area contributed by atoms with E-state index in [0.717, 1.165) is 109 Å². The first kappa shape index (κ1) is 36.3. The Morgan fingerprint density at radius 3 is 1.57 bits per heavy atom. The van der Waals surface area contributed by atoms with Gasteiger partial charge in [-0.1, -0.05) is 25.5 Å². The van der Waals surface area contributed by atoms with Gasteiger partial charge < -0.3 is 15.3 Å².